The van der Waals surface area contributed by atoms with Gasteiger partial charge in [0.1, 0.15) is 11.3 Å². The third kappa shape index (κ3) is 4.07. The van der Waals surface area contributed by atoms with E-state index in [0.717, 1.165) is 44.5 Å². The summed E-state index contributed by atoms with van der Waals surface area (Å²) in [5.41, 5.74) is 5.72. The van der Waals surface area contributed by atoms with Crippen LogP contribution in [0.5, 0.6) is 5.75 Å². The number of ether oxygens (including phenoxy) is 1. The molecule has 3 aromatic rings. The van der Waals surface area contributed by atoms with Crippen molar-refractivity contribution in [3.8, 4) is 16.9 Å². The van der Waals surface area contributed by atoms with Crippen molar-refractivity contribution in [2.45, 2.75) is 34.6 Å². The molecule has 0 saturated carbocycles. The van der Waals surface area contributed by atoms with E-state index in [-0.39, 0.29) is 5.91 Å². The van der Waals surface area contributed by atoms with Crippen molar-refractivity contribution in [3.63, 3.8) is 0 Å². The van der Waals surface area contributed by atoms with Gasteiger partial charge < -0.3 is 14.1 Å². The summed E-state index contributed by atoms with van der Waals surface area (Å²) in [4.78, 5) is 14.4. The van der Waals surface area contributed by atoms with Crippen molar-refractivity contribution in [2.75, 3.05) is 19.7 Å². The van der Waals surface area contributed by atoms with Crippen molar-refractivity contribution < 1.29 is 13.9 Å². The topological polar surface area (TPSA) is 42.7 Å². The molecule has 0 radical (unpaired) electrons. The summed E-state index contributed by atoms with van der Waals surface area (Å²) < 4.78 is 11.9. The van der Waals surface area contributed by atoms with E-state index in [1.807, 2.05) is 57.7 Å². The average molecular weight is 392 g/mol. The highest BCUT2D eigenvalue weighted by molar-refractivity contribution is 6.01. The number of rotatable bonds is 7. The number of benzene rings is 2. The van der Waals surface area contributed by atoms with Crippen LogP contribution in [0.3, 0.4) is 0 Å². The van der Waals surface area contributed by atoms with Gasteiger partial charge in [0.2, 0.25) is 5.91 Å². The fourth-order valence-corrected chi connectivity index (χ4v) is 3.67. The highest BCUT2D eigenvalue weighted by atomic mass is 16.5. The van der Waals surface area contributed by atoms with Crippen LogP contribution >= 0.6 is 0 Å². The molecule has 152 valence electrons. The number of carbonyl (C=O) groups is 1. The quantitative estimate of drug-likeness (QED) is 0.459. The van der Waals surface area contributed by atoms with E-state index in [1.54, 1.807) is 12.3 Å². The number of amides is 1. The minimum atomic E-state index is 0.0168. The zero-order valence-electron chi connectivity index (χ0n) is 17.9. The van der Waals surface area contributed by atoms with E-state index in [9.17, 15) is 4.79 Å². The van der Waals surface area contributed by atoms with Gasteiger partial charge in [-0.3, -0.25) is 4.79 Å². The van der Waals surface area contributed by atoms with Crippen molar-refractivity contribution in [1.82, 2.24) is 4.90 Å². The number of allylic oxidation sites excluding steroid dienone is 1. The molecule has 0 bridgehead atoms. The number of likely N-dealkylation sites (N-methyl/N-ethyl adjacent to an activating group) is 1. The van der Waals surface area contributed by atoms with E-state index in [0.29, 0.717) is 19.7 Å². The van der Waals surface area contributed by atoms with Crippen LogP contribution in [0.1, 0.15) is 38.8 Å². The number of fused-ring (bicyclic) bond motifs is 1. The molecule has 1 heterocycles. The van der Waals surface area contributed by atoms with Crippen LogP contribution in [0, 0.1) is 6.92 Å². The third-order valence-corrected chi connectivity index (χ3v) is 5.26. The van der Waals surface area contributed by atoms with Crippen LogP contribution in [-0.4, -0.2) is 30.5 Å². The van der Waals surface area contributed by atoms with E-state index in [1.165, 1.54) is 0 Å². The van der Waals surface area contributed by atoms with Gasteiger partial charge in [-0.05, 0) is 51.8 Å². The Labute approximate surface area is 172 Å². The minimum Gasteiger partial charge on any atom is -0.493 e. The molecule has 0 aliphatic carbocycles. The first-order valence-corrected chi connectivity index (χ1v) is 10.2. The number of aryl methyl sites for hydroxylation is 1. The molecule has 29 heavy (non-hydrogen) atoms. The molecule has 1 amide bonds. The summed E-state index contributed by atoms with van der Waals surface area (Å²) in [6.07, 6.45) is 3.50. The maximum Gasteiger partial charge on any atom is 0.246 e. The van der Waals surface area contributed by atoms with Gasteiger partial charge in [0, 0.05) is 41.2 Å². The number of hydrogen-bond acceptors (Lipinski definition) is 3. The Balaban J connectivity index is 2.19. The second-order valence-corrected chi connectivity index (χ2v) is 7.04. The molecular weight excluding hydrogens is 362 g/mol. The van der Waals surface area contributed by atoms with Crippen LogP contribution in [-0.2, 0) is 4.79 Å². The van der Waals surface area contributed by atoms with Gasteiger partial charge in [0.25, 0.3) is 0 Å². The summed E-state index contributed by atoms with van der Waals surface area (Å²) in [7, 11) is 0. The summed E-state index contributed by atoms with van der Waals surface area (Å²) >= 11 is 0. The SMILES string of the molecule is CCOc1c(/C(C)=C/C(=O)N(CC)CC)cc2c(-c3ccccc3)coc2c1C. The smallest absolute Gasteiger partial charge is 0.246 e. The highest BCUT2D eigenvalue weighted by Gasteiger charge is 2.19. The number of carbonyl (C=O) groups excluding carboxylic acids is 1. The standard InChI is InChI=1S/C25H29NO3/c1-6-26(7-2)23(27)14-17(4)20-15-21-22(19-12-10-9-11-13-19)16-29-25(21)18(5)24(20)28-8-3/h9-16H,6-8H2,1-5H3/b17-14+. The second-order valence-electron chi connectivity index (χ2n) is 7.04. The van der Waals surface area contributed by atoms with Crippen LogP contribution in [0.25, 0.3) is 27.7 Å². The van der Waals surface area contributed by atoms with Gasteiger partial charge in [-0.25, -0.2) is 0 Å². The van der Waals surface area contributed by atoms with E-state index in [4.69, 9.17) is 9.15 Å². The van der Waals surface area contributed by atoms with Gasteiger partial charge in [-0.15, -0.1) is 0 Å². The monoisotopic (exact) mass is 391 g/mol. The lowest BCUT2D eigenvalue weighted by atomic mass is 9.96. The molecule has 0 aliphatic heterocycles. The zero-order chi connectivity index (χ0) is 21.0. The van der Waals surface area contributed by atoms with E-state index in [2.05, 4.69) is 18.2 Å². The lowest BCUT2D eigenvalue weighted by molar-refractivity contribution is -0.125. The fraction of sp³-hybridized carbons (Fsp3) is 0.320. The van der Waals surface area contributed by atoms with Gasteiger partial charge in [0.05, 0.1) is 12.9 Å². The first-order chi connectivity index (χ1) is 14.0. The van der Waals surface area contributed by atoms with Crippen molar-refractivity contribution >= 4 is 22.4 Å². The normalized spacial score (nSPS) is 11.7. The first-order valence-electron chi connectivity index (χ1n) is 10.2. The van der Waals surface area contributed by atoms with Crippen LogP contribution in [0.4, 0.5) is 0 Å². The lowest BCUT2D eigenvalue weighted by Crippen LogP contribution is -2.28. The predicted octanol–water partition coefficient (Wildman–Crippen LogP) is 6.08. The van der Waals surface area contributed by atoms with Crippen molar-refractivity contribution in [2.24, 2.45) is 0 Å². The molecule has 0 N–H and O–H groups in total. The summed E-state index contributed by atoms with van der Waals surface area (Å²) in [6.45, 7) is 11.8. The lowest BCUT2D eigenvalue weighted by Gasteiger charge is -2.18. The molecule has 1 aromatic heterocycles. The molecule has 0 fully saturated rings. The molecule has 0 aliphatic rings. The van der Waals surface area contributed by atoms with Crippen LogP contribution in [0.2, 0.25) is 0 Å². The largest absolute Gasteiger partial charge is 0.493 e. The molecule has 2 aromatic carbocycles. The molecule has 0 spiro atoms. The molecule has 0 saturated heterocycles. The Bertz CT molecular complexity index is 1030. The van der Waals surface area contributed by atoms with E-state index < -0.39 is 0 Å². The second kappa shape index (κ2) is 8.99. The van der Waals surface area contributed by atoms with Gasteiger partial charge >= 0.3 is 0 Å². The van der Waals surface area contributed by atoms with Gasteiger partial charge in [0.15, 0.2) is 0 Å². The van der Waals surface area contributed by atoms with Crippen molar-refractivity contribution in [3.05, 3.63) is 59.9 Å². The minimum absolute atomic E-state index is 0.0168. The Morgan fingerprint density at radius 2 is 1.83 bits per heavy atom. The molecular formula is C25H29NO3. The van der Waals surface area contributed by atoms with Crippen molar-refractivity contribution in [1.29, 1.82) is 0 Å². The Kier molecular flexibility index (Phi) is 6.42. The molecule has 0 unspecified atom stereocenters. The van der Waals surface area contributed by atoms with Crippen LogP contribution in [0.15, 0.2) is 53.2 Å². The molecule has 3 rings (SSSR count). The summed E-state index contributed by atoms with van der Waals surface area (Å²) in [5, 5.41) is 1.02. The predicted molar refractivity (Wildman–Crippen MR) is 119 cm³/mol. The molecule has 4 heteroatoms. The zero-order valence-corrected chi connectivity index (χ0v) is 17.9. The van der Waals surface area contributed by atoms with Gasteiger partial charge in [-0.1, -0.05) is 30.3 Å². The number of furan rings is 1. The van der Waals surface area contributed by atoms with E-state index >= 15 is 0 Å². The maximum atomic E-state index is 12.6. The Hall–Kier alpha value is -3.01. The fourth-order valence-electron chi connectivity index (χ4n) is 3.67. The first kappa shape index (κ1) is 20.7. The van der Waals surface area contributed by atoms with Crippen LogP contribution < -0.4 is 4.74 Å². The number of nitrogens with zero attached hydrogens (tertiary/aromatic N) is 1. The Morgan fingerprint density at radius 3 is 2.45 bits per heavy atom. The highest BCUT2D eigenvalue weighted by Crippen LogP contribution is 2.40. The molecule has 0 atom stereocenters. The number of hydrogen-bond donors (Lipinski definition) is 0. The average Bonchev–Trinajstić information content (AvgIpc) is 3.15. The summed E-state index contributed by atoms with van der Waals surface area (Å²) in [5.74, 6) is 0.790. The molecule has 4 nitrogen and oxygen atoms in total. The third-order valence-electron chi connectivity index (χ3n) is 5.26. The summed E-state index contributed by atoms with van der Waals surface area (Å²) in [6, 6.07) is 12.3. The van der Waals surface area contributed by atoms with Gasteiger partial charge in [-0.2, -0.15) is 0 Å². The maximum absolute atomic E-state index is 12.6. The Morgan fingerprint density at radius 1 is 1.14 bits per heavy atom.